The van der Waals surface area contributed by atoms with Crippen molar-refractivity contribution < 1.29 is 0 Å². The molecule has 2 nitrogen and oxygen atoms in total. The van der Waals surface area contributed by atoms with Crippen LogP contribution in [0.25, 0.3) is 38.6 Å². The zero-order valence-electron chi connectivity index (χ0n) is 21.8. The molecule has 186 valence electrons. The number of nitrogens with zero attached hydrogens (tertiary/aromatic N) is 2. The van der Waals surface area contributed by atoms with Crippen LogP contribution in [0.15, 0.2) is 140 Å². The Balaban J connectivity index is 1.29. The monoisotopic (exact) mass is 500 g/mol. The molecular weight excluding hydrogens is 472 g/mol. The highest BCUT2D eigenvalue weighted by atomic mass is 15.2. The van der Waals surface area contributed by atoms with Crippen LogP contribution in [0.5, 0.6) is 0 Å². The lowest BCUT2D eigenvalue weighted by atomic mass is 9.83. The Morgan fingerprint density at radius 3 is 2.08 bits per heavy atom. The van der Waals surface area contributed by atoms with E-state index in [-0.39, 0.29) is 6.04 Å². The molecule has 5 aromatic carbocycles. The Morgan fingerprint density at radius 1 is 0.590 bits per heavy atom. The highest BCUT2D eigenvalue weighted by Crippen LogP contribution is 2.50. The van der Waals surface area contributed by atoms with Crippen molar-refractivity contribution in [2.75, 3.05) is 4.90 Å². The summed E-state index contributed by atoms with van der Waals surface area (Å²) >= 11 is 0. The maximum Gasteiger partial charge on any atom is 0.0658 e. The van der Waals surface area contributed by atoms with Crippen molar-refractivity contribution in [2.24, 2.45) is 5.92 Å². The fraction of sp³-hybridized carbons (Fsp3) is 0.0811. The number of benzene rings is 5. The molecule has 0 N–H and O–H groups in total. The Kier molecular flexibility index (Phi) is 4.90. The van der Waals surface area contributed by atoms with E-state index in [1.807, 2.05) is 0 Å². The summed E-state index contributed by atoms with van der Waals surface area (Å²) in [5, 5.41) is 2.58. The molecule has 0 fully saturated rings. The van der Waals surface area contributed by atoms with Crippen molar-refractivity contribution in [1.82, 2.24) is 4.57 Å². The van der Waals surface area contributed by atoms with Crippen molar-refractivity contribution >= 4 is 44.3 Å². The molecule has 0 radical (unpaired) electrons. The van der Waals surface area contributed by atoms with Gasteiger partial charge in [0.15, 0.2) is 0 Å². The van der Waals surface area contributed by atoms with E-state index in [4.69, 9.17) is 0 Å². The molecule has 2 heteroatoms. The summed E-state index contributed by atoms with van der Waals surface area (Å²) in [5.74, 6) is 0.356. The fourth-order valence-corrected chi connectivity index (χ4v) is 6.72. The number of anilines is 2. The number of hydrogen-bond donors (Lipinski definition) is 0. The first-order valence-corrected chi connectivity index (χ1v) is 13.7. The van der Waals surface area contributed by atoms with Gasteiger partial charge in [0.2, 0.25) is 0 Å². The van der Waals surface area contributed by atoms with Crippen LogP contribution in [-0.2, 0) is 0 Å². The zero-order valence-corrected chi connectivity index (χ0v) is 21.8. The molecule has 1 aromatic heterocycles. The minimum Gasteiger partial charge on any atom is -0.333 e. The van der Waals surface area contributed by atoms with E-state index in [1.165, 1.54) is 61.1 Å². The molecular formula is C37H28N2. The molecule has 0 spiro atoms. The molecule has 2 atom stereocenters. The van der Waals surface area contributed by atoms with Gasteiger partial charge >= 0.3 is 0 Å². The maximum atomic E-state index is 2.52. The van der Waals surface area contributed by atoms with E-state index in [2.05, 4.69) is 156 Å². The average molecular weight is 501 g/mol. The van der Waals surface area contributed by atoms with Crippen molar-refractivity contribution in [2.45, 2.75) is 13.0 Å². The first kappa shape index (κ1) is 22.2. The van der Waals surface area contributed by atoms with Crippen molar-refractivity contribution in [1.29, 1.82) is 0 Å². The van der Waals surface area contributed by atoms with Gasteiger partial charge in [0, 0.05) is 33.4 Å². The molecule has 2 heterocycles. The molecule has 2 aliphatic rings. The number of allylic oxidation sites excluding steroid dienone is 2. The predicted octanol–water partition coefficient (Wildman–Crippen LogP) is 9.42. The van der Waals surface area contributed by atoms with E-state index in [9.17, 15) is 0 Å². The summed E-state index contributed by atoms with van der Waals surface area (Å²) in [6.45, 7) is 2.36. The number of aromatic nitrogens is 1. The second-order valence-electron chi connectivity index (χ2n) is 10.7. The van der Waals surface area contributed by atoms with Gasteiger partial charge in [-0.3, -0.25) is 0 Å². The molecule has 0 bridgehead atoms. The van der Waals surface area contributed by atoms with Crippen molar-refractivity contribution in [3.63, 3.8) is 0 Å². The second-order valence-corrected chi connectivity index (χ2v) is 10.7. The number of rotatable bonds is 3. The Bertz CT molecular complexity index is 1930. The van der Waals surface area contributed by atoms with E-state index in [0.29, 0.717) is 5.92 Å². The van der Waals surface area contributed by atoms with E-state index < -0.39 is 0 Å². The first-order valence-electron chi connectivity index (χ1n) is 13.7. The Labute approximate surface area is 228 Å². The smallest absolute Gasteiger partial charge is 0.0658 e. The van der Waals surface area contributed by atoms with Gasteiger partial charge < -0.3 is 9.47 Å². The van der Waals surface area contributed by atoms with E-state index in [0.717, 1.165) is 0 Å². The topological polar surface area (TPSA) is 8.17 Å². The molecule has 39 heavy (non-hydrogen) atoms. The summed E-state index contributed by atoms with van der Waals surface area (Å²) in [7, 11) is 0. The van der Waals surface area contributed by atoms with Crippen LogP contribution >= 0.6 is 0 Å². The molecule has 0 saturated carbocycles. The average Bonchev–Trinajstić information content (AvgIpc) is 3.51. The Hall–Kier alpha value is -4.82. The predicted molar refractivity (Wildman–Crippen MR) is 165 cm³/mol. The third kappa shape index (κ3) is 3.35. The summed E-state index contributed by atoms with van der Waals surface area (Å²) in [4.78, 5) is 2.52. The molecule has 1 aliphatic carbocycles. The second kappa shape index (κ2) is 8.61. The molecule has 0 amide bonds. The normalized spacial score (nSPS) is 18.1. The standard InChI is InChI=1S/C37H28N2/c1-25-22-27(24-33-31-17-9-11-19-35(31)39(37(25)33)29-14-6-3-7-15-29)26-20-21-36-32(23-26)30-16-8-10-18-34(30)38(36)28-12-4-2-5-13-28/h2-25,37H,1H3. The van der Waals surface area contributed by atoms with Crippen molar-refractivity contribution in [3.05, 3.63) is 151 Å². The summed E-state index contributed by atoms with van der Waals surface area (Å²) < 4.78 is 2.38. The Morgan fingerprint density at radius 2 is 1.26 bits per heavy atom. The maximum absolute atomic E-state index is 2.52. The molecule has 1 aliphatic heterocycles. The van der Waals surface area contributed by atoms with Crippen LogP contribution < -0.4 is 4.90 Å². The van der Waals surface area contributed by atoms with Crippen LogP contribution in [0.1, 0.15) is 18.1 Å². The number of hydrogen-bond acceptors (Lipinski definition) is 1. The van der Waals surface area contributed by atoms with Crippen LogP contribution in [0, 0.1) is 5.92 Å². The van der Waals surface area contributed by atoms with Gasteiger partial charge in [-0.1, -0.05) is 91.9 Å². The number of para-hydroxylation sites is 4. The van der Waals surface area contributed by atoms with Gasteiger partial charge in [0.25, 0.3) is 0 Å². The highest BCUT2D eigenvalue weighted by molar-refractivity contribution is 6.10. The van der Waals surface area contributed by atoms with Crippen LogP contribution in [0.3, 0.4) is 0 Å². The molecule has 6 aromatic rings. The number of fused-ring (bicyclic) bond motifs is 6. The lowest BCUT2D eigenvalue weighted by molar-refractivity contribution is 0.639. The van der Waals surface area contributed by atoms with Crippen LogP contribution in [0.2, 0.25) is 0 Å². The van der Waals surface area contributed by atoms with Gasteiger partial charge in [-0.15, -0.1) is 0 Å². The van der Waals surface area contributed by atoms with Crippen molar-refractivity contribution in [3.8, 4) is 5.69 Å². The van der Waals surface area contributed by atoms with Gasteiger partial charge in [0.05, 0.1) is 17.1 Å². The summed E-state index contributed by atoms with van der Waals surface area (Å²) in [6, 6.07) is 46.4. The van der Waals surface area contributed by atoms with Gasteiger partial charge in [-0.25, -0.2) is 0 Å². The van der Waals surface area contributed by atoms with Crippen LogP contribution in [-0.4, -0.2) is 10.6 Å². The lowest BCUT2D eigenvalue weighted by Gasteiger charge is -2.33. The zero-order chi connectivity index (χ0) is 25.9. The van der Waals surface area contributed by atoms with E-state index >= 15 is 0 Å². The van der Waals surface area contributed by atoms with E-state index in [1.54, 1.807) is 0 Å². The molecule has 2 unspecified atom stereocenters. The molecule has 0 saturated heterocycles. The minimum atomic E-state index is 0.289. The largest absolute Gasteiger partial charge is 0.333 e. The first-order chi connectivity index (χ1) is 19.3. The van der Waals surface area contributed by atoms with Gasteiger partial charge in [-0.05, 0) is 77.2 Å². The molecule has 8 rings (SSSR count). The van der Waals surface area contributed by atoms with Gasteiger partial charge in [-0.2, -0.15) is 0 Å². The SMILES string of the molecule is CC1C=C(c2ccc3c(c2)c2ccccc2n3-c2ccccc2)C=C2c3ccccc3N(c3ccccc3)C21. The third-order valence-electron chi connectivity index (χ3n) is 8.38. The fourth-order valence-electron chi connectivity index (χ4n) is 6.72. The van der Waals surface area contributed by atoms with Crippen LogP contribution in [0.4, 0.5) is 11.4 Å². The lowest BCUT2D eigenvalue weighted by Crippen LogP contribution is -2.33. The third-order valence-corrected chi connectivity index (χ3v) is 8.38. The quantitative estimate of drug-likeness (QED) is 0.235. The van der Waals surface area contributed by atoms with Gasteiger partial charge in [0.1, 0.15) is 0 Å². The highest BCUT2D eigenvalue weighted by Gasteiger charge is 2.39. The summed E-state index contributed by atoms with van der Waals surface area (Å²) in [5.41, 5.74) is 11.5. The minimum absolute atomic E-state index is 0.289. The summed E-state index contributed by atoms with van der Waals surface area (Å²) in [6.07, 6.45) is 4.90.